The van der Waals surface area contributed by atoms with Crippen molar-refractivity contribution in [3.8, 4) is 17.1 Å². The third kappa shape index (κ3) is 2.06. The SMILES string of the molecule is Nc1cccc(-c2nccn2-c2ccncc2F)c1. The Morgan fingerprint density at radius 3 is 2.84 bits per heavy atom. The number of hydrogen-bond donors (Lipinski definition) is 1. The van der Waals surface area contributed by atoms with Gasteiger partial charge in [0.1, 0.15) is 5.82 Å². The van der Waals surface area contributed by atoms with Gasteiger partial charge in [0.25, 0.3) is 0 Å². The van der Waals surface area contributed by atoms with E-state index >= 15 is 0 Å². The summed E-state index contributed by atoms with van der Waals surface area (Å²) in [5.41, 5.74) is 7.65. The Morgan fingerprint density at radius 2 is 2.05 bits per heavy atom. The molecule has 3 aromatic rings. The summed E-state index contributed by atoms with van der Waals surface area (Å²) >= 11 is 0. The Bertz CT molecular complexity index is 721. The van der Waals surface area contributed by atoms with Gasteiger partial charge in [-0.05, 0) is 18.2 Å². The van der Waals surface area contributed by atoms with Crippen molar-refractivity contribution in [2.24, 2.45) is 0 Å². The average Bonchev–Trinajstić information content (AvgIpc) is 2.88. The standard InChI is InChI=1S/C14H11FN4/c15-12-9-17-5-4-13(12)19-7-6-18-14(19)10-2-1-3-11(16)8-10/h1-9H,16H2. The van der Waals surface area contributed by atoms with Gasteiger partial charge in [-0.1, -0.05) is 12.1 Å². The molecule has 0 spiro atoms. The number of nitrogen functional groups attached to an aromatic ring is 1. The van der Waals surface area contributed by atoms with E-state index < -0.39 is 5.82 Å². The monoisotopic (exact) mass is 254 g/mol. The van der Waals surface area contributed by atoms with Gasteiger partial charge in [0, 0.05) is 29.8 Å². The summed E-state index contributed by atoms with van der Waals surface area (Å²) in [7, 11) is 0. The molecule has 0 saturated heterocycles. The highest BCUT2D eigenvalue weighted by Gasteiger charge is 2.11. The van der Waals surface area contributed by atoms with Gasteiger partial charge in [0.05, 0.1) is 11.9 Å². The number of nitrogens with two attached hydrogens (primary N) is 1. The predicted octanol–water partition coefficient (Wildman–Crippen LogP) is 2.66. The molecule has 0 radical (unpaired) electrons. The first kappa shape index (κ1) is 11.4. The Morgan fingerprint density at radius 1 is 1.16 bits per heavy atom. The maximum absolute atomic E-state index is 13.8. The molecule has 2 aromatic heterocycles. The molecule has 0 aliphatic carbocycles. The molecule has 19 heavy (non-hydrogen) atoms. The summed E-state index contributed by atoms with van der Waals surface area (Å²) in [4.78, 5) is 8.01. The second kappa shape index (κ2) is 4.53. The van der Waals surface area contributed by atoms with Gasteiger partial charge >= 0.3 is 0 Å². The van der Waals surface area contributed by atoms with Crippen LogP contribution in [0.3, 0.4) is 0 Å². The van der Waals surface area contributed by atoms with Gasteiger partial charge in [-0.25, -0.2) is 9.37 Å². The number of hydrogen-bond acceptors (Lipinski definition) is 3. The molecule has 0 atom stereocenters. The number of anilines is 1. The second-order valence-corrected chi connectivity index (χ2v) is 4.07. The van der Waals surface area contributed by atoms with E-state index in [2.05, 4.69) is 9.97 Å². The number of nitrogens with zero attached hydrogens (tertiary/aromatic N) is 3. The van der Waals surface area contributed by atoms with Crippen molar-refractivity contribution >= 4 is 5.69 Å². The maximum Gasteiger partial charge on any atom is 0.165 e. The summed E-state index contributed by atoms with van der Waals surface area (Å²) in [5, 5.41) is 0. The van der Waals surface area contributed by atoms with Gasteiger partial charge < -0.3 is 5.73 Å². The predicted molar refractivity (Wildman–Crippen MR) is 71.2 cm³/mol. The third-order valence-electron chi connectivity index (χ3n) is 2.80. The maximum atomic E-state index is 13.8. The normalized spacial score (nSPS) is 10.6. The lowest BCUT2D eigenvalue weighted by Gasteiger charge is -2.08. The van der Waals surface area contributed by atoms with Crippen LogP contribution >= 0.6 is 0 Å². The van der Waals surface area contributed by atoms with Crippen LogP contribution in [0.15, 0.2) is 55.1 Å². The molecule has 0 bridgehead atoms. The molecule has 1 aromatic carbocycles. The van der Waals surface area contributed by atoms with E-state index in [0.717, 1.165) is 5.56 Å². The summed E-state index contributed by atoms with van der Waals surface area (Å²) in [6, 6.07) is 8.93. The summed E-state index contributed by atoms with van der Waals surface area (Å²) < 4.78 is 15.5. The number of pyridine rings is 1. The molecular weight excluding hydrogens is 243 g/mol. The number of halogens is 1. The zero-order valence-corrected chi connectivity index (χ0v) is 9.99. The van der Waals surface area contributed by atoms with Crippen molar-refractivity contribution in [1.29, 1.82) is 0 Å². The molecule has 0 aliphatic rings. The molecule has 0 saturated carbocycles. The molecule has 94 valence electrons. The lowest BCUT2D eigenvalue weighted by Crippen LogP contribution is -2.00. The Hall–Kier alpha value is -2.69. The molecule has 5 heteroatoms. The number of imidazole rings is 1. The lowest BCUT2D eigenvalue weighted by molar-refractivity contribution is 0.612. The zero-order valence-electron chi connectivity index (χ0n) is 9.99. The molecule has 4 nitrogen and oxygen atoms in total. The van der Waals surface area contributed by atoms with Crippen LogP contribution in [-0.4, -0.2) is 14.5 Å². The quantitative estimate of drug-likeness (QED) is 0.715. The lowest BCUT2D eigenvalue weighted by atomic mass is 10.2. The van der Waals surface area contributed by atoms with Crippen molar-refractivity contribution in [2.45, 2.75) is 0 Å². The summed E-state index contributed by atoms with van der Waals surface area (Å²) in [6.07, 6.45) is 6.05. The van der Waals surface area contributed by atoms with Gasteiger partial charge in [0.15, 0.2) is 5.82 Å². The molecule has 0 amide bonds. The van der Waals surface area contributed by atoms with Crippen LogP contribution in [0, 0.1) is 5.82 Å². The van der Waals surface area contributed by atoms with Gasteiger partial charge in [-0.2, -0.15) is 0 Å². The van der Waals surface area contributed by atoms with Crippen LogP contribution in [0.25, 0.3) is 17.1 Å². The Balaban J connectivity index is 2.16. The fourth-order valence-corrected chi connectivity index (χ4v) is 1.95. The highest BCUT2D eigenvalue weighted by molar-refractivity contribution is 5.63. The van der Waals surface area contributed by atoms with Crippen molar-refractivity contribution in [3.05, 3.63) is 60.9 Å². The molecular formula is C14H11FN4. The molecule has 2 heterocycles. The number of rotatable bonds is 2. The van der Waals surface area contributed by atoms with Crippen LogP contribution < -0.4 is 5.73 Å². The van der Waals surface area contributed by atoms with E-state index in [9.17, 15) is 4.39 Å². The first-order chi connectivity index (χ1) is 9.25. The molecule has 0 aliphatic heterocycles. The van der Waals surface area contributed by atoms with E-state index in [-0.39, 0.29) is 0 Å². The summed E-state index contributed by atoms with van der Waals surface area (Å²) in [6.45, 7) is 0. The number of aromatic nitrogens is 3. The van der Waals surface area contributed by atoms with Gasteiger partial charge in [-0.15, -0.1) is 0 Å². The zero-order chi connectivity index (χ0) is 13.2. The van der Waals surface area contributed by atoms with Crippen LogP contribution in [0.2, 0.25) is 0 Å². The Kier molecular flexibility index (Phi) is 2.72. The van der Waals surface area contributed by atoms with E-state index in [0.29, 0.717) is 17.2 Å². The van der Waals surface area contributed by atoms with Crippen molar-refractivity contribution < 1.29 is 4.39 Å². The van der Waals surface area contributed by atoms with E-state index in [1.165, 1.54) is 6.20 Å². The smallest absolute Gasteiger partial charge is 0.165 e. The van der Waals surface area contributed by atoms with Crippen LogP contribution in [0.5, 0.6) is 0 Å². The second-order valence-electron chi connectivity index (χ2n) is 4.07. The third-order valence-corrected chi connectivity index (χ3v) is 2.80. The van der Waals surface area contributed by atoms with Crippen LogP contribution in [0.1, 0.15) is 0 Å². The van der Waals surface area contributed by atoms with Gasteiger partial charge in [-0.3, -0.25) is 9.55 Å². The largest absolute Gasteiger partial charge is 0.399 e. The average molecular weight is 254 g/mol. The molecule has 0 unspecified atom stereocenters. The van der Waals surface area contributed by atoms with Crippen molar-refractivity contribution in [1.82, 2.24) is 14.5 Å². The summed E-state index contributed by atoms with van der Waals surface area (Å²) in [5.74, 6) is 0.239. The van der Waals surface area contributed by atoms with Gasteiger partial charge in [0.2, 0.25) is 0 Å². The van der Waals surface area contributed by atoms with E-state index in [1.54, 1.807) is 41.4 Å². The number of benzene rings is 1. The topological polar surface area (TPSA) is 56.7 Å². The minimum absolute atomic E-state index is 0.398. The molecule has 2 N–H and O–H groups in total. The first-order valence-electron chi connectivity index (χ1n) is 5.75. The minimum Gasteiger partial charge on any atom is -0.399 e. The van der Waals surface area contributed by atoms with Crippen LogP contribution in [-0.2, 0) is 0 Å². The highest BCUT2D eigenvalue weighted by Crippen LogP contribution is 2.23. The van der Waals surface area contributed by atoms with Crippen LogP contribution in [0.4, 0.5) is 10.1 Å². The Labute approximate surface area is 109 Å². The first-order valence-corrected chi connectivity index (χ1v) is 5.75. The fraction of sp³-hybridized carbons (Fsp3) is 0. The van der Waals surface area contributed by atoms with E-state index in [4.69, 9.17) is 5.73 Å². The van der Waals surface area contributed by atoms with Crippen molar-refractivity contribution in [3.63, 3.8) is 0 Å². The van der Waals surface area contributed by atoms with E-state index in [1.807, 2.05) is 12.1 Å². The molecule has 0 fully saturated rings. The molecule has 3 rings (SSSR count). The minimum atomic E-state index is -0.398. The highest BCUT2D eigenvalue weighted by atomic mass is 19.1. The fourth-order valence-electron chi connectivity index (χ4n) is 1.95. The van der Waals surface area contributed by atoms with Crippen molar-refractivity contribution in [2.75, 3.05) is 5.73 Å².